The van der Waals surface area contributed by atoms with Crippen molar-refractivity contribution in [3.05, 3.63) is 28.0 Å². The Morgan fingerprint density at radius 3 is 2.08 bits per heavy atom. The van der Waals surface area contributed by atoms with E-state index in [-0.39, 0.29) is 30.3 Å². The van der Waals surface area contributed by atoms with E-state index in [2.05, 4.69) is 0 Å². The highest BCUT2D eigenvalue weighted by Crippen LogP contribution is 2.62. The fraction of sp³-hybridized carbons (Fsp3) is 0.733. The molecular weight excluding hydrogens is 404 g/mol. The van der Waals surface area contributed by atoms with Gasteiger partial charge in [0.1, 0.15) is 17.3 Å². The molecule has 0 saturated heterocycles. The lowest BCUT2D eigenvalue weighted by atomic mass is 10.5. The maximum absolute atomic E-state index is 14.0. The molecule has 0 radical (unpaired) electrons. The monoisotopic (exact) mass is 425 g/mol. The SMILES string of the molecule is O=[N+]([O-])c1ccc(COP(=O)(N(CCCl)C2CC2)N(CCCl)C2CC2)o1. The van der Waals surface area contributed by atoms with Gasteiger partial charge >= 0.3 is 13.6 Å². The fourth-order valence-corrected chi connectivity index (χ4v) is 6.41. The smallest absolute Gasteiger partial charge is 0.403 e. The lowest BCUT2D eigenvalue weighted by Crippen LogP contribution is -2.37. The van der Waals surface area contributed by atoms with Crippen LogP contribution in [0.2, 0.25) is 0 Å². The summed E-state index contributed by atoms with van der Waals surface area (Å²) in [6, 6.07) is 3.09. The molecule has 2 fully saturated rings. The van der Waals surface area contributed by atoms with Crippen LogP contribution in [0.25, 0.3) is 0 Å². The van der Waals surface area contributed by atoms with Crippen molar-refractivity contribution in [1.82, 2.24) is 9.34 Å². The van der Waals surface area contributed by atoms with Crippen molar-refractivity contribution < 1.29 is 18.4 Å². The predicted octanol–water partition coefficient (Wildman–Crippen LogP) is 4.22. The van der Waals surface area contributed by atoms with Gasteiger partial charge in [-0.15, -0.1) is 23.2 Å². The molecule has 2 saturated carbocycles. The Bertz CT molecular complexity index is 654. The molecule has 0 N–H and O–H groups in total. The van der Waals surface area contributed by atoms with Crippen LogP contribution in [0.15, 0.2) is 16.5 Å². The Kier molecular flexibility index (Phi) is 6.64. The molecule has 0 aliphatic heterocycles. The van der Waals surface area contributed by atoms with Gasteiger partial charge in [0.2, 0.25) is 0 Å². The third-order valence-corrected chi connectivity index (χ3v) is 7.57. The normalized spacial score (nSPS) is 18.0. The summed E-state index contributed by atoms with van der Waals surface area (Å²) in [5.41, 5.74) is 0. The van der Waals surface area contributed by atoms with E-state index in [4.69, 9.17) is 32.1 Å². The van der Waals surface area contributed by atoms with Gasteiger partial charge in [0, 0.05) is 36.9 Å². The first-order valence-corrected chi connectivity index (χ1v) is 11.2. The van der Waals surface area contributed by atoms with Gasteiger partial charge in [-0.05, 0) is 31.7 Å². The van der Waals surface area contributed by atoms with E-state index in [1.807, 2.05) is 9.34 Å². The van der Waals surface area contributed by atoms with E-state index in [0.29, 0.717) is 24.8 Å². The summed E-state index contributed by atoms with van der Waals surface area (Å²) in [5.74, 6) is 0.587. The molecule has 8 nitrogen and oxygen atoms in total. The van der Waals surface area contributed by atoms with Crippen molar-refractivity contribution in [2.75, 3.05) is 24.8 Å². The van der Waals surface area contributed by atoms with Crippen molar-refractivity contribution in [2.24, 2.45) is 0 Å². The molecule has 1 aromatic rings. The standard InChI is InChI=1S/C15H22Cl2N3O5P/c16-7-9-18(12-1-2-12)26(23,19(10-8-17)13-3-4-13)24-11-14-5-6-15(25-14)20(21)22/h5-6,12-13H,1-4,7-11H2. The van der Waals surface area contributed by atoms with E-state index < -0.39 is 12.6 Å². The van der Waals surface area contributed by atoms with Crippen molar-refractivity contribution in [3.8, 4) is 0 Å². The summed E-state index contributed by atoms with van der Waals surface area (Å²) in [6.07, 6.45) is 3.82. The second-order valence-electron chi connectivity index (χ2n) is 6.43. The molecule has 0 unspecified atom stereocenters. The molecule has 26 heavy (non-hydrogen) atoms. The minimum absolute atomic E-state index is 0.109. The first-order valence-electron chi connectivity index (χ1n) is 8.63. The zero-order valence-corrected chi connectivity index (χ0v) is 16.7. The van der Waals surface area contributed by atoms with Gasteiger partial charge < -0.3 is 4.42 Å². The number of halogens is 2. The van der Waals surface area contributed by atoms with Gasteiger partial charge in [-0.1, -0.05) is 0 Å². The average Bonchev–Trinajstić information content (AvgIpc) is 3.54. The van der Waals surface area contributed by atoms with Gasteiger partial charge in [0.05, 0.1) is 6.07 Å². The second-order valence-corrected chi connectivity index (χ2v) is 9.45. The Morgan fingerprint density at radius 1 is 1.15 bits per heavy atom. The van der Waals surface area contributed by atoms with Gasteiger partial charge in [0.25, 0.3) is 0 Å². The van der Waals surface area contributed by atoms with Crippen LogP contribution in [-0.2, 0) is 15.7 Å². The number of hydrogen-bond acceptors (Lipinski definition) is 5. The van der Waals surface area contributed by atoms with Crippen molar-refractivity contribution in [2.45, 2.75) is 44.4 Å². The van der Waals surface area contributed by atoms with E-state index in [0.717, 1.165) is 25.7 Å². The molecule has 0 aromatic carbocycles. The van der Waals surface area contributed by atoms with Crippen LogP contribution in [0, 0.1) is 10.1 Å². The third kappa shape index (κ3) is 4.61. The summed E-state index contributed by atoms with van der Waals surface area (Å²) >= 11 is 11.9. The number of nitrogens with zero attached hydrogens (tertiary/aromatic N) is 3. The van der Waals surface area contributed by atoms with Crippen LogP contribution >= 0.6 is 30.9 Å². The van der Waals surface area contributed by atoms with Crippen LogP contribution in [0.5, 0.6) is 0 Å². The van der Waals surface area contributed by atoms with Crippen LogP contribution in [0.3, 0.4) is 0 Å². The molecule has 0 spiro atoms. The van der Waals surface area contributed by atoms with Gasteiger partial charge in [0.15, 0.2) is 0 Å². The van der Waals surface area contributed by atoms with Crippen LogP contribution < -0.4 is 0 Å². The quantitative estimate of drug-likeness (QED) is 0.214. The molecule has 11 heteroatoms. The summed E-state index contributed by atoms with van der Waals surface area (Å²) in [6.45, 7) is 0.794. The minimum Gasteiger partial charge on any atom is -0.403 e. The summed E-state index contributed by atoms with van der Waals surface area (Å²) in [5, 5.41) is 10.8. The van der Waals surface area contributed by atoms with Crippen molar-refractivity contribution >= 4 is 36.8 Å². The van der Waals surface area contributed by atoms with E-state index in [1.54, 1.807) is 0 Å². The van der Waals surface area contributed by atoms with Crippen molar-refractivity contribution in [1.29, 1.82) is 0 Å². The predicted molar refractivity (Wildman–Crippen MR) is 98.7 cm³/mol. The van der Waals surface area contributed by atoms with Gasteiger partial charge in [-0.2, -0.15) is 0 Å². The van der Waals surface area contributed by atoms with E-state index >= 15 is 0 Å². The lowest BCUT2D eigenvalue weighted by molar-refractivity contribution is -0.402. The highest BCUT2D eigenvalue weighted by Gasteiger charge is 2.50. The number of alkyl halides is 2. The maximum Gasteiger partial charge on any atom is 0.433 e. The highest BCUT2D eigenvalue weighted by atomic mass is 35.5. The molecular formula is C15H22Cl2N3O5P. The Labute approximate surface area is 162 Å². The Morgan fingerprint density at radius 2 is 1.69 bits per heavy atom. The summed E-state index contributed by atoms with van der Waals surface area (Å²) in [7, 11) is -3.37. The molecule has 0 atom stereocenters. The molecule has 0 bridgehead atoms. The number of nitro groups is 1. The van der Waals surface area contributed by atoms with Gasteiger partial charge in [-0.25, -0.2) is 9.34 Å². The van der Waals surface area contributed by atoms with E-state index in [9.17, 15) is 14.7 Å². The summed E-state index contributed by atoms with van der Waals surface area (Å²) < 4.78 is 28.8. The molecule has 1 heterocycles. The zero-order chi connectivity index (χ0) is 18.7. The third-order valence-electron chi connectivity index (χ3n) is 4.42. The zero-order valence-electron chi connectivity index (χ0n) is 14.3. The first kappa shape index (κ1) is 20.1. The molecule has 2 aliphatic carbocycles. The molecule has 1 aromatic heterocycles. The first-order chi connectivity index (χ1) is 12.5. The Hall–Kier alpha value is -0.630. The number of rotatable bonds is 12. The van der Waals surface area contributed by atoms with Crippen LogP contribution in [0.1, 0.15) is 31.4 Å². The lowest BCUT2D eigenvalue weighted by Gasteiger charge is -2.38. The average molecular weight is 426 g/mol. The van der Waals surface area contributed by atoms with Crippen LogP contribution in [0.4, 0.5) is 5.88 Å². The summed E-state index contributed by atoms with van der Waals surface area (Å²) in [4.78, 5) is 10.2. The second kappa shape index (κ2) is 8.59. The maximum atomic E-state index is 14.0. The molecule has 3 rings (SSSR count). The van der Waals surface area contributed by atoms with E-state index in [1.165, 1.54) is 12.1 Å². The molecule has 2 aliphatic rings. The Balaban J connectivity index is 1.81. The largest absolute Gasteiger partial charge is 0.433 e. The number of furan rings is 1. The molecule has 146 valence electrons. The minimum atomic E-state index is -3.37. The fourth-order valence-electron chi connectivity index (χ4n) is 2.93. The highest BCUT2D eigenvalue weighted by molar-refractivity contribution is 7.54. The molecule has 0 amide bonds. The topological polar surface area (TPSA) is 89.1 Å². The number of hydrogen-bond donors (Lipinski definition) is 0. The van der Waals surface area contributed by atoms with Crippen molar-refractivity contribution in [3.63, 3.8) is 0 Å². The van der Waals surface area contributed by atoms with Gasteiger partial charge in [-0.3, -0.25) is 19.2 Å². The van der Waals surface area contributed by atoms with Crippen LogP contribution in [-0.4, -0.2) is 51.2 Å².